The summed E-state index contributed by atoms with van der Waals surface area (Å²) >= 11 is 6.48. The van der Waals surface area contributed by atoms with Gasteiger partial charge in [0.05, 0.1) is 0 Å². The lowest BCUT2D eigenvalue weighted by Crippen LogP contribution is -1.99. The van der Waals surface area contributed by atoms with E-state index in [4.69, 9.17) is 11.6 Å². The molecule has 0 saturated heterocycles. The standard InChI is InChI=1S/C18H23ClO/c1-13(11-14(2)20)16-9-10-17(18(19)12-16)15-7-5-3-4-6-8-15/h9-12,15H,3-8H2,1-2H3/b13-11+. The van der Waals surface area contributed by atoms with Crippen molar-refractivity contribution in [1.29, 1.82) is 0 Å². The van der Waals surface area contributed by atoms with Gasteiger partial charge in [-0.05, 0) is 61.4 Å². The van der Waals surface area contributed by atoms with Gasteiger partial charge in [-0.25, -0.2) is 0 Å². The van der Waals surface area contributed by atoms with Gasteiger partial charge >= 0.3 is 0 Å². The number of carbonyl (C=O) groups is 1. The molecular formula is C18H23ClO. The van der Waals surface area contributed by atoms with Crippen LogP contribution in [0.5, 0.6) is 0 Å². The van der Waals surface area contributed by atoms with Crippen molar-refractivity contribution in [2.24, 2.45) is 0 Å². The van der Waals surface area contributed by atoms with Crippen molar-refractivity contribution in [1.82, 2.24) is 0 Å². The Morgan fingerprint density at radius 2 is 1.80 bits per heavy atom. The molecule has 0 spiro atoms. The second kappa shape index (κ2) is 7.08. The van der Waals surface area contributed by atoms with E-state index >= 15 is 0 Å². The first kappa shape index (κ1) is 15.3. The quantitative estimate of drug-likeness (QED) is 0.510. The summed E-state index contributed by atoms with van der Waals surface area (Å²) in [7, 11) is 0. The third-order valence-electron chi connectivity index (χ3n) is 4.17. The van der Waals surface area contributed by atoms with Gasteiger partial charge < -0.3 is 0 Å². The number of benzene rings is 1. The van der Waals surface area contributed by atoms with E-state index in [1.807, 2.05) is 13.0 Å². The Kier molecular flexibility index (Phi) is 5.42. The normalized spacial score (nSPS) is 17.9. The molecule has 0 radical (unpaired) electrons. The Bertz CT molecular complexity index is 508. The molecule has 108 valence electrons. The van der Waals surface area contributed by atoms with E-state index in [1.54, 1.807) is 13.0 Å². The summed E-state index contributed by atoms with van der Waals surface area (Å²) in [5.74, 6) is 0.683. The molecule has 1 saturated carbocycles. The minimum Gasteiger partial charge on any atom is -0.295 e. The van der Waals surface area contributed by atoms with Gasteiger partial charge in [0.15, 0.2) is 5.78 Å². The third-order valence-corrected chi connectivity index (χ3v) is 4.50. The number of hydrogen-bond acceptors (Lipinski definition) is 1. The molecule has 0 atom stereocenters. The van der Waals surface area contributed by atoms with Crippen LogP contribution < -0.4 is 0 Å². The molecule has 0 aliphatic heterocycles. The Morgan fingerprint density at radius 3 is 2.35 bits per heavy atom. The Balaban J connectivity index is 2.23. The minimum atomic E-state index is 0.0754. The smallest absolute Gasteiger partial charge is 0.152 e. The van der Waals surface area contributed by atoms with E-state index in [1.165, 1.54) is 44.1 Å². The van der Waals surface area contributed by atoms with Crippen LogP contribution in [-0.4, -0.2) is 5.78 Å². The zero-order valence-corrected chi connectivity index (χ0v) is 13.2. The summed E-state index contributed by atoms with van der Waals surface area (Å²) in [5, 5.41) is 0.853. The minimum absolute atomic E-state index is 0.0754. The Labute approximate surface area is 127 Å². The van der Waals surface area contributed by atoms with Crippen molar-refractivity contribution in [2.75, 3.05) is 0 Å². The highest BCUT2D eigenvalue weighted by molar-refractivity contribution is 6.31. The maximum absolute atomic E-state index is 11.2. The number of halogens is 1. The molecule has 2 heteroatoms. The van der Waals surface area contributed by atoms with Crippen LogP contribution in [-0.2, 0) is 4.79 Å². The largest absolute Gasteiger partial charge is 0.295 e. The SMILES string of the molecule is CC(=O)/C=C(\C)c1ccc(C2CCCCCC2)c(Cl)c1. The van der Waals surface area contributed by atoms with Crippen LogP contribution in [0.3, 0.4) is 0 Å². The predicted octanol–water partition coefficient (Wildman–Crippen LogP) is 5.77. The maximum Gasteiger partial charge on any atom is 0.152 e. The van der Waals surface area contributed by atoms with E-state index in [9.17, 15) is 4.79 Å². The van der Waals surface area contributed by atoms with E-state index in [0.29, 0.717) is 5.92 Å². The van der Waals surface area contributed by atoms with Crippen molar-refractivity contribution < 1.29 is 4.79 Å². The highest BCUT2D eigenvalue weighted by Gasteiger charge is 2.17. The number of rotatable bonds is 3. The Hall–Kier alpha value is -1.08. The first-order chi connectivity index (χ1) is 9.58. The molecule has 0 unspecified atom stereocenters. The lowest BCUT2D eigenvalue weighted by Gasteiger charge is -2.17. The van der Waals surface area contributed by atoms with Gasteiger partial charge in [0, 0.05) is 5.02 Å². The molecule has 1 aliphatic rings. The number of allylic oxidation sites excluding steroid dienone is 2. The first-order valence-electron chi connectivity index (χ1n) is 7.56. The van der Waals surface area contributed by atoms with Crippen molar-refractivity contribution in [3.8, 4) is 0 Å². The molecule has 2 rings (SSSR count). The average Bonchev–Trinajstić information content (AvgIpc) is 2.66. The molecule has 0 aromatic heterocycles. The van der Waals surface area contributed by atoms with Crippen LogP contribution in [0, 0.1) is 0 Å². The zero-order valence-electron chi connectivity index (χ0n) is 12.4. The van der Waals surface area contributed by atoms with Crippen LogP contribution in [0.25, 0.3) is 5.57 Å². The molecule has 20 heavy (non-hydrogen) atoms. The van der Waals surface area contributed by atoms with Gasteiger partial charge in [0.2, 0.25) is 0 Å². The van der Waals surface area contributed by atoms with Gasteiger partial charge in [-0.15, -0.1) is 0 Å². The monoisotopic (exact) mass is 290 g/mol. The third kappa shape index (κ3) is 3.96. The highest BCUT2D eigenvalue weighted by atomic mass is 35.5. The molecule has 0 amide bonds. The van der Waals surface area contributed by atoms with Crippen LogP contribution in [0.4, 0.5) is 0 Å². The summed E-state index contributed by atoms with van der Waals surface area (Å²) in [4.78, 5) is 11.2. The maximum atomic E-state index is 11.2. The number of ketones is 1. The molecule has 1 aromatic rings. The van der Waals surface area contributed by atoms with E-state index in [0.717, 1.165) is 16.2 Å². The van der Waals surface area contributed by atoms with Gasteiger partial charge in [0.1, 0.15) is 0 Å². The van der Waals surface area contributed by atoms with Gasteiger partial charge in [0.25, 0.3) is 0 Å². The fourth-order valence-electron chi connectivity index (χ4n) is 3.08. The Morgan fingerprint density at radius 1 is 1.15 bits per heavy atom. The summed E-state index contributed by atoms with van der Waals surface area (Å²) < 4.78 is 0. The second-order valence-electron chi connectivity index (χ2n) is 5.86. The van der Waals surface area contributed by atoms with Crippen LogP contribution in [0.2, 0.25) is 5.02 Å². The predicted molar refractivity (Wildman–Crippen MR) is 86.2 cm³/mol. The summed E-state index contributed by atoms with van der Waals surface area (Å²) in [5.41, 5.74) is 3.31. The lowest BCUT2D eigenvalue weighted by atomic mass is 9.90. The van der Waals surface area contributed by atoms with Crippen LogP contribution in [0.15, 0.2) is 24.3 Å². The summed E-state index contributed by atoms with van der Waals surface area (Å²) in [6, 6.07) is 6.27. The zero-order chi connectivity index (χ0) is 14.5. The summed E-state index contributed by atoms with van der Waals surface area (Å²) in [6.45, 7) is 3.53. The molecule has 1 nitrogen and oxygen atoms in total. The molecular weight excluding hydrogens is 268 g/mol. The molecule has 1 aromatic carbocycles. The van der Waals surface area contributed by atoms with Crippen LogP contribution in [0.1, 0.15) is 69.4 Å². The first-order valence-corrected chi connectivity index (χ1v) is 7.94. The topological polar surface area (TPSA) is 17.1 Å². The van der Waals surface area contributed by atoms with Crippen LogP contribution >= 0.6 is 11.6 Å². The molecule has 0 bridgehead atoms. The molecule has 0 N–H and O–H groups in total. The van der Waals surface area contributed by atoms with Crippen molar-refractivity contribution in [3.63, 3.8) is 0 Å². The van der Waals surface area contributed by atoms with Gasteiger partial charge in [-0.2, -0.15) is 0 Å². The fourth-order valence-corrected chi connectivity index (χ4v) is 3.42. The molecule has 0 heterocycles. The number of carbonyl (C=O) groups excluding carboxylic acids is 1. The fraction of sp³-hybridized carbons (Fsp3) is 0.500. The molecule has 1 aliphatic carbocycles. The van der Waals surface area contributed by atoms with E-state index in [-0.39, 0.29) is 5.78 Å². The van der Waals surface area contributed by atoms with Gasteiger partial charge in [-0.3, -0.25) is 4.79 Å². The average molecular weight is 291 g/mol. The summed E-state index contributed by atoms with van der Waals surface area (Å²) in [6.07, 6.45) is 9.50. The lowest BCUT2D eigenvalue weighted by molar-refractivity contribution is -0.112. The van der Waals surface area contributed by atoms with E-state index < -0.39 is 0 Å². The molecule has 1 fully saturated rings. The van der Waals surface area contributed by atoms with Gasteiger partial charge in [-0.1, -0.05) is 49.4 Å². The van der Waals surface area contributed by atoms with Crippen molar-refractivity contribution in [2.45, 2.75) is 58.3 Å². The second-order valence-corrected chi connectivity index (χ2v) is 6.27. The number of hydrogen-bond donors (Lipinski definition) is 0. The highest BCUT2D eigenvalue weighted by Crippen LogP contribution is 2.36. The van der Waals surface area contributed by atoms with Crippen molar-refractivity contribution >= 4 is 23.0 Å². The van der Waals surface area contributed by atoms with E-state index in [2.05, 4.69) is 12.1 Å². The van der Waals surface area contributed by atoms with Crippen molar-refractivity contribution in [3.05, 3.63) is 40.4 Å².